The molecule has 0 aromatic carbocycles. The fraction of sp³-hybridized carbons (Fsp3) is 0.583. The normalized spacial score (nSPS) is 25.4. The summed E-state index contributed by atoms with van der Waals surface area (Å²) in [6, 6.07) is 5.87. The molecular formula is C12H18N2O. The van der Waals surface area contributed by atoms with Crippen molar-refractivity contribution in [2.75, 3.05) is 18.5 Å². The zero-order valence-electron chi connectivity index (χ0n) is 8.89. The smallest absolute Gasteiger partial charge is 0.125 e. The Morgan fingerprint density at radius 2 is 2.20 bits per heavy atom. The van der Waals surface area contributed by atoms with Gasteiger partial charge >= 0.3 is 0 Å². The molecular weight excluding hydrogens is 188 g/mol. The Morgan fingerprint density at radius 3 is 2.93 bits per heavy atom. The monoisotopic (exact) mass is 206 g/mol. The molecule has 15 heavy (non-hydrogen) atoms. The summed E-state index contributed by atoms with van der Waals surface area (Å²) in [6.07, 6.45) is 5.44. The Labute approximate surface area is 90.5 Å². The van der Waals surface area contributed by atoms with Gasteiger partial charge in [-0.15, -0.1) is 0 Å². The van der Waals surface area contributed by atoms with Crippen molar-refractivity contribution in [3.8, 4) is 0 Å². The lowest BCUT2D eigenvalue weighted by atomic mass is 9.97. The molecule has 0 radical (unpaired) electrons. The van der Waals surface area contributed by atoms with Gasteiger partial charge in [0, 0.05) is 19.3 Å². The van der Waals surface area contributed by atoms with Crippen LogP contribution in [-0.4, -0.2) is 23.2 Å². The maximum atomic E-state index is 9.19. The van der Waals surface area contributed by atoms with E-state index in [1.54, 1.807) is 6.20 Å². The summed E-state index contributed by atoms with van der Waals surface area (Å²) in [6.45, 7) is 1.26. The number of nitrogens with one attached hydrogen (secondary N) is 1. The number of nitrogens with zero attached hydrogens (tertiary/aromatic N) is 1. The summed E-state index contributed by atoms with van der Waals surface area (Å²) in [5, 5.41) is 12.5. The lowest BCUT2D eigenvalue weighted by Crippen LogP contribution is -2.21. The highest BCUT2D eigenvalue weighted by Crippen LogP contribution is 2.31. The van der Waals surface area contributed by atoms with E-state index in [9.17, 15) is 5.11 Å². The number of anilines is 1. The highest BCUT2D eigenvalue weighted by Gasteiger charge is 2.26. The van der Waals surface area contributed by atoms with E-state index in [1.807, 2.05) is 18.2 Å². The van der Waals surface area contributed by atoms with Gasteiger partial charge < -0.3 is 10.4 Å². The van der Waals surface area contributed by atoms with Crippen molar-refractivity contribution in [1.29, 1.82) is 0 Å². The molecule has 2 rings (SSSR count). The number of aliphatic hydroxyl groups excluding tert-OH is 1. The van der Waals surface area contributed by atoms with Crippen LogP contribution in [0.2, 0.25) is 0 Å². The second-order valence-corrected chi connectivity index (χ2v) is 4.23. The number of rotatable bonds is 4. The number of aliphatic hydroxyl groups is 1. The highest BCUT2D eigenvalue weighted by molar-refractivity contribution is 5.33. The predicted molar refractivity (Wildman–Crippen MR) is 60.6 cm³/mol. The standard InChI is InChI=1S/C12H18N2O/c15-9-11-5-3-4-10(11)8-14-12-6-1-2-7-13-12/h1-2,6-7,10-11,15H,3-5,8-9H2,(H,13,14). The summed E-state index contributed by atoms with van der Waals surface area (Å²) in [5.41, 5.74) is 0. The Kier molecular flexibility index (Phi) is 3.56. The second-order valence-electron chi connectivity index (χ2n) is 4.23. The fourth-order valence-electron chi connectivity index (χ4n) is 2.33. The quantitative estimate of drug-likeness (QED) is 0.791. The van der Waals surface area contributed by atoms with E-state index in [1.165, 1.54) is 19.3 Å². The van der Waals surface area contributed by atoms with Crippen LogP contribution in [0.15, 0.2) is 24.4 Å². The molecule has 0 bridgehead atoms. The molecule has 1 aliphatic carbocycles. The molecule has 0 saturated heterocycles. The van der Waals surface area contributed by atoms with Gasteiger partial charge in [0.15, 0.2) is 0 Å². The lowest BCUT2D eigenvalue weighted by molar-refractivity contribution is 0.199. The summed E-state index contributed by atoms with van der Waals surface area (Å²) >= 11 is 0. The first kappa shape index (κ1) is 10.4. The molecule has 1 aromatic rings. The molecule has 1 aromatic heterocycles. The van der Waals surface area contributed by atoms with Gasteiger partial charge in [-0.05, 0) is 36.8 Å². The van der Waals surface area contributed by atoms with Crippen LogP contribution in [0.25, 0.3) is 0 Å². The van der Waals surface area contributed by atoms with Crippen LogP contribution in [0.3, 0.4) is 0 Å². The van der Waals surface area contributed by atoms with Crippen molar-refractivity contribution in [1.82, 2.24) is 4.98 Å². The van der Waals surface area contributed by atoms with Gasteiger partial charge in [0.25, 0.3) is 0 Å². The largest absolute Gasteiger partial charge is 0.396 e. The molecule has 1 fully saturated rings. The van der Waals surface area contributed by atoms with Crippen molar-refractivity contribution in [2.45, 2.75) is 19.3 Å². The Hall–Kier alpha value is -1.09. The lowest BCUT2D eigenvalue weighted by Gasteiger charge is -2.17. The third kappa shape index (κ3) is 2.69. The van der Waals surface area contributed by atoms with Crippen LogP contribution in [0.4, 0.5) is 5.82 Å². The highest BCUT2D eigenvalue weighted by atomic mass is 16.3. The zero-order valence-corrected chi connectivity index (χ0v) is 8.89. The van der Waals surface area contributed by atoms with Crippen LogP contribution >= 0.6 is 0 Å². The molecule has 2 N–H and O–H groups in total. The van der Waals surface area contributed by atoms with Crippen LogP contribution in [0.1, 0.15) is 19.3 Å². The average molecular weight is 206 g/mol. The van der Waals surface area contributed by atoms with Crippen molar-refractivity contribution in [3.63, 3.8) is 0 Å². The first-order valence-corrected chi connectivity index (χ1v) is 5.66. The summed E-state index contributed by atoms with van der Waals surface area (Å²) < 4.78 is 0. The summed E-state index contributed by atoms with van der Waals surface area (Å²) in [7, 11) is 0. The minimum absolute atomic E-state index is 0.328. The SMILES string of the molecule is OCC1CCCC1CNc1ccccn1. The van der Waals surface area contributed by atoms with Gasteiger partial charge in [-0.1, -0.05) is 12.5 Å². The van der Waals surface area contributed by atoms with Gasteiger partial charge in [-0.25, -0.2) is 4.98 Å². The Bertz CT molecular complexity index is 289. The number of aromatic nitrogens is 1. The van der Waals surface area contributed by atoms with Crippen LogP contribution in [0.5, 0.6) is 0 Å². The van der Waals surface area contributed by atoms with Crippen molar-refractivity contribution in [3.05, 3.63) is 24.4 Å². The topological polar surface area (TPSA) is 45.1 Å². The van der Waals surface area contributed by atoms with Crippen LogP contribution in [0, 0.1) is 11.8 Å². The van der Waals surface area contributed by atoms with Gasteiger partial charge in [0.05, 0.1) is 0 Å². The van der Waals surface area contributed by atoms with E-state index in [0.717, 1.165) is 12.4 Å². The van der Waals surface area contributed by atoms with Gasteiger partial charge in [0.2, 0.25) is 0 Å². The maximum absolute atomic E-state index is 9.19. The second kappa shape index (κ2) is 5.12. The maximum Gasteiger partial charge on any atom is 0.125 e. The average Bonchev–Trinajstić information content (AvgIpc) is 2.75. The van der Waals surface area contributed by atoms with Crippen LogP contribution < -0.4 is 5.32 Å². The number of hydrogen-bond donors (Lipinski definition) is 2. The minimum atomic E-state index is 0.328. The van der Waals surface area contributed by atoms with E-state index in [-0.39, 0.29) is 0 Å². The van der Waals surface area contributed by atoms with Crippen molar-refractivity contribution < 1.29 is 5.11 Å². The molecule has 2 atom stereocenters. The molecule has 2 unspecified atom stereocenters. The van der Waals surface area contributed by atoms with Gasteiger partial charge in [0.1, 0.15) is 5.82 Å². The third-order valence-electron chi connectivity index (χ3n) is 3.26. The molecule has 1 saturated carbocycles. The fourth-order valence-corrected chi connectivity index (χ4v) is 2.33. The van der Waals surface area contributed by atoms with Crippen molar-refractivity contribution >= 4 is 5.82 Å². The van der Waals surface area contributed by atoms with Gasteiger partial charge in [-0.3, -0.25) is 0 Å². The molecule has 0 spiro atoms. The van der Waals surface area contributed by atoms with Crippen LogP contribution in [-0.2, 0) is 0 Å². The van der Waals surface area contributed by atoms with E-state index >= 15 is 0 Å². The first-order chi connectivity index (χ1) is 7.40. The van der Waals surface area contributed by atoms with E-state index < -0.39 is 0 Å². The molecule has 0 aliphatic heterocycles. The molecule has 1 heterocycles. The molecule has 82 valence electrons. The van der Waals surface area contributed by atoms with Gasteiger partial charge in [-0.2, -0.15) is 0 Å². The zero-order chi connectivity index (χ0) is 10.5. The number of hydrogen-bond acceptors (Lipinski definition) is 3. The minimum Gasteiger partial charge on any atom is -0.396 e. The van der Waals surface area contributed by atoms with Crippen molar-refractivity contribution in [2.24, 2.45) is 11.8 Å². The summed E-state index contributed by atoms with van der Waals surface area (Å²) in [4.78, 5) is 4.22. The molecule has 3 heteroatoms. The molecule has 3 nitrogen and oxygen atoms in total. The Morgan fingerprint density at radius 1 is 1.33 bits per heavy atom. The predicted octanol–water partition coefficient (Wildman–Crippen LogP) is 1.90. The summed E-state index contributed by atoms with van der Waals surface area (Å²) in [5.74, 6) is 2.03. The van der Waals surface area contributed by atoms with E-state index in [4.69, 9.17) is 0 Å². The molecule has 1 aliphatic rings. The Balaban J connectivity index is 1.83. The van der Waals surface area contributed by atoms with E-state index in [2.05, 4.69) is 10.3 Å². The number of pyridine rings is 1. The first-order valence-electron chi connectivity index (χ1n) is 5.66. The van der Waals surface area contributed by atoms with E-state index in [0.29, 0.717) is 18.4 Å². The third-order valence-corrected chi connectivity index (χ3v) is 3.26. The molecule has 0 amide bonds.